The van der Waals surface area contributed by atoms with Gasteiger partial charge in [0.25, 0.3) is 0 Å². The van der Waals surface area contributed by atoms with E-state index in [2.05, 4.69) is 15.5 Å². The van der Waals surface area contributed by atoms with Crippen LogP contribution in [0.4, 0.5) is 14.5 Å². The highest BCUT2D eigenvalue weighted by atomic mass is 19.2. The van der Waals surface area contributed by atoms with Crippen LogP contribution in [0.1, 0.15) is 31.4 Å². The van der Waals surface area contributed by atoms with Gasteiger partial charge in [-0.15, -0.1) is 0 Å². The normalized spacial score (nSPS) is 16.3. The monoisotopic (exact) mass is 417 g/mol. The lowest BCUT2D eigenvalue weighted by Gasteiger charge is -2.24. The summed E-state index contributed by atoms with van der Waals surface area (Å²) >= 11 is 0. The zero-order valence-electron chi connectivity index (χ0n) is 16.8. The molecule has 1 heterocycles. The molecule has 30 heavy (non-hydrogen) atoms. The molecule has 3 rings (SSSR count). The molecule has 2 amide bonds. The molecule has 2 aromatic rings. The Morgan fingerprint density at radius 3 is 2.57 bits per heavy atom. The average Bonchev–Trinajstić information content (AvgIpc) is 3.18. The molecule has 1 saturated heterocycles. The molecular weight excluding hydrogens is 392 g/mol. The molecule has 1 aliphatic rings. The Hall–Kier alpha value is -3.00. The SMILES string of the molecule is CCOc1ccc(C2CCCN2CC(=O)NCC(=O)Nc2ccc(F)c(F)c2)cc1. The second-order valence-electron chi connectivity index (χ2n) is 7.08. The summed E-state index contributed by atoms with van der Waals surface area (Å²) in [4.78, 5) is 26.3. The molecular formula is C22H25F2N3O3. The number of nitrogens with one attached hydrogen (secondary N) is 2. The first kappa shape index (κ1) is 21.7. The Morgan fingerprint density at radius 2 is 1.87 bits per heavy atom. The summed E-state index contributed by atoms with van der Waals surface area (Å²) in [6.45, 7) is 3.27. The summed E-state index contributed by atoms with van der Waals surface area (Å²) < 4.78 is 31.6. The van der Waals surface area contributed by atoms with Crippen molar-refractivity contribution in [3.8, 4) is 5.75 Å². The molecule has 0 bridgehead atoms. The van der Waals surface area contributed by atoms with Crippen LogP contribution in [0.25, 0.3) is 0 Å². The van der Waals surface area contributed by atoms with Crippen molar-refractivity contribution in [1.82, 2.24) is 10.2 Å². The molecule has 0 saturated carbocycles. The van der Waals surface area contributed by atoms with E-state index in [0.29, 0.717) is 6.61 Å². The number of halogens is 2. The minimum atomic E-state index is -1.05. The highest BCUT2D eigenvalue weighted by Crippen LogP contribution is 2.32. The number of benzene rings is 2. The van der Waals surface area contributed by atoms with Crippen LogP contribution < -0.4 is 15.4 Å². The Kier molecular flexibility index (Phi) is 7.35. The number of likely N-dealkylation sites (tertiary alicyclic amines) is 1. The smallest absolute Gasteiger partial charge is 0.243 e. The van der Waals surface area contributed by atoms with Crippen LogP contribution in [0.15, 0.2) is 42.5 Å². The topological polar surface area (TPSA) is 70.7 Å². The van der Waals surface area contributed by atoms with Gasteiger partial charge in [0.1, 0.15) is 5.75 Å². The predicted molar refractivity (Wildman–Crippen MR) is 109 cm³/mol. The van der Waals surface area contributed by atoms with E-state index in [1.54, 1.807) is 0 Å². The first-order valence-electron chi connectivity index (χ1n) is 9.94. The van der Waals surface area contributed by atoms with Gasteiger partial charge in [0, 0.05) is 17.8 Å². The first-order valence-corrected chi connectivity index (χ1v) is 9.94. The van der Waals surface area contributed by atoms with Crippen LogP contribution in [-0.2, 0) is 9.59 Å². The maximum absolute atomic E-state index is 13.2. The molecule has 1 fully saturated rings. The van der Waals surface area contributed by atoms with Crippen LogP contribution in [0.2, 0.25) is 0 Å². The average molecular weight is 417 g/mol. The van der Waals surface area contributed by atoms with Gasteiger partial charge in [-0.25, -0.2) is 8.78 Å². The lowest BCUT2D eigenvalue weighted by molar-refractivity contribution is -0.125. The Labute approximate surface area is 174 Å². The lowest BCUT2D eigenvalue weighted by Crippen LogP contribution is -2.40. The first-order chi connectivity index (χ1) is 14.5. The van der Waals surface area contributed by atoms with Crippen LogP contribution in [0.3, 0.4) is 0 Å². The van der Waals surface area contributed by atoms with Gasteiger partial charge in [0.15, 0.2) is 11.6 Å². The summed E-state index contributed by atoms with van der Waals surface area (Å²) in [5.41, 5.74) is 1.25. The molecule has 1 aliphatic heterocycles. The van der Waals surface area contributed by atoms with Crippen molar-refractivity contribution in [2.24, 2.45) is 0 Å². The minimum absolute atomic E-state index is 0.128. The van der Waals surface area contributed by atoms with E-state index < -0.39 is 17.5 Å². The molecule has 1 unspecified atom stereocenters. The summed E-state index contributed by atoms with van der Waals surface area (Å²) in [5.74, 6) is -2.01. The van der Waals surface area contributed by atoms with Gasteiger partial charge in [0.2, 0.25) is 11.8 Å². The molecule has 8 heteroatoms. The zero-order valence-corrected chi connectivity index (χ0v) is 16.8. The van der Waals surface area contributed by atoms with Gasteiger partial charge in [-0.1, -0.05) is 12.1 Å². The molecule has 0 radical (unpaired) electrons. The van der Waals surface area contributed by atoms with E-state index in [1.807, 2.05) is 31.2 Å². The van der Waals surface area contributed by atoms with E-state index in [-0.39, 0.29) is 30.7 Å². The summed E-state index contributed by atoms with van der Waals surface area (Å²) in [6, 6.07) is 11.1. The standard InChI is InChI=1S/C22H25F2N3O3/c1-2-30-17-8-5-15(6-9-17)20-4-3-11-27(20)14-22(29)25-13-21(28)26-16-7-10-18(23)19(24)12-16/h5-10,12,20H,2-4,11,13-14H2,1H3,(H,25,29)(H,26,28). The van der Waals surface area contributed by atoms with E-state index >= 15 is 0 Å². The molecule has 0 spiro atoms. The lowest BCUT2D eigenvalue weighted by atomic mass is 10.0. The Balaban J connectivity index is 1.48. The maximum atomic E-state index is 13.2. The third kappa shape index (κ3) is 5.76. The van der Waals surface area contributed by atoms with E-state index in [0.717, 1.165) is 42.8 Å². The maximum Gasteiger partial charge on any atom is 0.243 e. The summed E-state index contributed by atoms with van der Waals surface area (Å²) in [7, 11) is 0. The number of hydrogen-bond donors (Lipinski definition) is 2. The van der Waals surface area contributed by atoms with Crippen LogP contribution in [0, 0.1) is 11.6 Å². The molecule has 2 aromatic carbocycles. The number of hydrogen-bond acceptors (Lipinski definition) is 4. The van der Waals surface area contributed by atoms with Crippen molar-refractivity contribution in [2.45, 2.75) is 25.8 Å². The summed E-state index contributed by atoms with van der Waals surface area (Å²) in [6.07, 6.45) is 1.94. The van der Waals surface area contributed by atoms with Crippen molar-refractivity contribution >= 4 is 17.5 Å². The van der Waals surface area contributed by atoms with E-state index in [4.69, 9.17) is 4.74 Å². The van der Waals surface area contributed by atoms with Crippen molar-refractivity contribution in [1.29, 1.82) is 0 Å². The molecule has 6 nitrogen and oxygen atoms in total. The molecule has 0 aromatic heterocycles. The predicted octanol–water partition coefficient (Wildman–Crippen LogP) is 3.26. The fraction of sp³-hybridized carbons (Fsp3) is 0.364. The zero-order chi connectivity index (χ0) is 21.5. The third-order valence-corrected chi connectivity index (χ3v) is 4.94. The highest BCUT2D eigenvalue weighted by Gasteiger charge is 2.27. The quantitative estimate of drug-likeness (QED) is 0.692. The van der Waals surface area contributed by atoms with Crippen LogP contribution in [0.5, 0.6) is 5.75 Å². The largest absolute Gasteiger partial charge is 0.494 e. The molecule has 160 valence electrons. The molecule has 2 N–H and O–H groups in total. The fourth-order valence-corrected chi connectivity index (χ4v) is 3.54. The van der Waals surface area contributed by atoms with Gasteiger partial charge in [-0.3, -0.25) is 14.5 Å². The number of nitrogens with zero attached hydrogens (tertiary/aromatic N) is 1. The summed E-state index contributed by atoms with van der Waals surface area (Å²) in [5, 5.41) is 5.00. The van der Waals surface area contributed by atoms with Crippen LogP contribution >= 0.6 is 0 Å². The van der Waals surface area contributed by atoms with Gasteiger partial charge in [-0.05, 0) is 56.1 Å². The van der Waals surface area contributed by atoms with Crippen molar-refractivity contribution < 1.29 is 23.1 Å². The van der Waals surface area contributed by atoms with Gasteiger partial charge >= 0.3 is 0 Å². The minimum Gasteiger partial charge on any atom is -0.494 e. The Morgan fingerprint density at radius 1 is 1.10 bits per heavy atom. The van der Waals surface area contributed by atoms with Gasteiger partial charge in [0.05, 0.1) is 19.7 Å². The van der Waals surface area contributed by atoms with Crippen LogP contribution in [-0.4, -0.2) is 43.0 Å². The second kappa shape index (κ2) is 10.2. The number of carbonyl (C=O) groups excluding carboxylic acids is 2. The number of rotatable bonds is 8. The Bertz CT molecular complexity index is 890. The van der Waals surface area contributed by atoms with Gasteiger partial charge in [-0.2, -0.15) is 0 Å². The number of amides is 2. The second-order valence-corrected chi connectivity index (χ2v) is 7.08. The number of carbonyl (C=O) groups is 2. The number of anilines is 1. The van der Waals surface area contributed by atoms with Crippen molar-refractivity contribution in [3.05, 3.63) is 59.7 Å². The van der Waals surface area contributed by atoms with Gasteiger partial charge < -0.3 is 15.4 Å². The molecule has 0 aliphatic carbocycles. The van der Waals surface area contributed by atoms with E-state index in [9.17, 15) is 18.4 Å². The van der Waals surface area contributed by atoms with Crippen molar-refractivity contribution in [2.75, 3.05) is 31.6 Å². The third-order valence-electron chi connectivity index (χ3n) is 4.94. The van der Waals surface area contributed by atoms with E-state index in [1.165, 1.54) is 6.07 Å². The fourth-order valence-electron chi connectivity index (χ4n) is 3.54. The van der Waals surface area contributed by atoms with Crippen molar-refractivity contribution in [3.63, 3.8) is 0 Å². The number of ether oxygens (including phenoxy) is 1. The molecule has 1 atom stereocenters. The highest BCUT2D eigenvalue weighted by molar-refractivity contribution is 5.94.